The Bertz CT molecular complexity index is 519. The van der Waals surface area contributed by atoms with Crippen molar-refractivity contribution < 1.29 is 14.6 Å². The van der Waals surface area contributed by atoms with Crippen LogP contribution in [0.25, 0.3) is 0 Å². The zero-order valence-electron chi connectivity index (χ0n) is 15.0. The number of hydrogen-bond donors (Lipinski definition) is 2. The lowest BCUT2D eigenvalue weighted by Gasteiger charge is -2.35. The molecule has 1 aliphatic heterocycles. The number of nitrogens with zero attached hydrogens (tertiary/aromatic N) is 1. The van der Waals surface area contributed by atoms with Gasteiger partial charge in [-0.1, -0.05) is 18.2 Å². The fourth-order valence-corrected chi connectivity index (χ4v) is 3.15. The van der Waals surface area contributed by atoms with Gasteiger partial charge in [-0.15, -0.1) is 0 Å². The van der Waals surface area contributed by atoms with Gasteiger partial charge in [-0.25, -0.2) is 0 Å². The van der Waals surface area contributed by atoms with Crippen molar-refractivity contribution in [1.82, 2.24) is 4.90 Å². The first-order valence-electron chi connectivity index (χ1n) is 8.86. The molecule has 0 aliphatic carbocycles. The van der Waals surface area contributed by atoms with E-state index in [9.17, 15) is 4.79 Å². The summed E-state index contributed by atoms with van der Waals surface area (Å²) in [4.78, 5) is 14.8. The van der Waals surface area contributed by atoms with Crippen molar-refractivity contribution in [3.63, 3.8) is 0 Å². The first kappa shape index (κ1) is 18.9. The summed E-state index contributed by atoms with van der Waals surface area (Å²) in [5.41, 5.74) is 3.11. The van der Waals surface area contributed by atoms with Crippen LogP contribution in [0.4, 0.5) is 5.69 Å². The molecule has 0 bridgehead atoms. The van der Waals surface area contributed by atoms with E-state index < -0.39 is 0 Å². The minimum atomic E-state index is -0.151. The first-order chi connectivity index (χ1) is 11.5. The van der Waals surface area contributed by atoms with E-state index in [2.05, 4.69) is 10.2 Å². The number of nitrogens with one attached hydrogen (secondary N) is 1. The highest BCUT2D eigenvalue weighted by Gasteiger charge is 2.27. The maximum Gasteiger partial charge on any atom is 0.241 e. The van der Waals surface area contributed by atoms with E-state index in [-0.39, 0.29) is 24.7 Å². The van der Waals surface area contributed by atoms with Gasteiger partial charge in [0, 0.05) is 32.0 Å². The molecule has 5 heteroatoms. The normalized spacial score (nSPS) is 17.7. The van der Waals surface area contributed by atoms with Crippen molar-refractivity contribution in [3.05, 3.63) is 29.3 Å². The number of likely N-dealkylation sites (tertiary alicyclic amines) is 1. The lowest BCUT2D eigenvalue weighted by atomic mass is 10.0. The molecule has 1 amide bonds. The SMILES string of the molecule is Cc1cccc(C)c1NC(=O)C(C)N1CCC(OCCCO)CC1. The van der Waals surface area contributed by atoms with E-state index in [0.717, 1.165) is 42.7 Å². The number of aliphatic hydroxyl groups is 1. The molecule has 0 radical (unpaired) electrons. The molecule has 24 heavy (non-hydrogen) atoms. The van der Waals surface area contributed by atoms with Gasteiger partial charge in [0.15, 0.2) is 0 Å². The summed E-state index contributed by atoms with van der Waals surface area (Å²) in [7, 11) is 0. The number of amides is 1. The molecule has 1 fully saturated rings. The molecule has 1 aromatic rings. The number of aliphatic hydroxyl groups excluding tert-OH is 1. The number of carbonyl (C=O) groups is 1. The number of anilines is 1. The largest absolute Gasteiger partial charge is 0.396 e. The quantitative estimate of drug-likeness (QED) is 0.752. The van der Waals surface area contributed by atoms with E-state index in [4.69, 9.17) is 9.84 Å². The standard InChI is InChI=1S/C19H30N2O3/c1-14-6-4-7-15(2)18(14)20-19(23)16(3)21-10-8-17(9-11-21)24-13-5-12-22/h4,6-7,16-17,22H,5,8-13H2,1-3H3,(H,20,23). The van der Waals surface area contributed by atoms with Crippen LogP contribution in [0, 0.1) is 13.8 Å². The van der Waals surface area contributed by atoms with Crippen molar-refractivity contribution in [1.29, 1.82) is 0 Å². The van der Waals surface area contributed by atoms with Crippen molar-refractivity contribution in [2.45, 2.75) is 52.2 Å². The molecule has 2 N–H and O–H groups in total. The van der Waals surface area contributed by atoms with E-state index >= 15 is 0 Å². The van der Waals surface area contributed by atoms with Gasteiger partial charge in [0.2, 0.25) is 5.91 Å². The van der Waals surface area contributed by atoms with Gasteiger partial charge in [-0.2, -0.15) is 0 Å². The Kier molecular flexibility index (Phi) is 7.21. The van der Waals surface area contributed by atoms with Crippen LogP contribution in [-0.2, 0) is 9.53 Å². The Morgan fingerprint density at radius 2 is 1.96 bits per heavy atom. The predicted molar refractivity (Wildman–Crippen MR) is 96.3 cm³/mol. The van der Waals surface area contributed by atoms with Crippen LogP contribution in [0.15, 0.2) is 18.2 Å². The molecule has 1 aromatic carbocycles. The highest BCUT2D eigenvalue weighted by molar-refractivity contribution is 5.95. The van der Waals surface area contributed by atoms with E-state index in [1.54, 1.807) is 0 Å². The Hall–Kier alpha value is -1.43. The summed E-state index contributed by atoms with van der Waals surface area (Å²) < 4.78 is 5.75. The molecule has 1 aliphatic rings. The number of piperidine rings is 1. The summed E-state index contributed by atoms with van der Waals surface area (Å²) in [5, 5.41) is 11.9. The number of hydrogen-bond acceptors (Lipinski definition) is 4. The molecule has 1 saturated heterocycles. The van der Waals surface area contributed by atoms with Crippen molar-refractivity contribution in [3.8, 4) is 0 Å². The predicted octanol–water partition coefficient (Wildman–Crippen LogP) is 2.49. The lowest BCUT2D eigenvalue weighted by molar-refractivity contribution is -0.121. The van der Waals surface area contributed by atoms with Crippen LogP contribution in [0.2, 0.25) is 0 Å². The van der Waals surface area contributed by atoms with Crippen molar-refractivity contribution in [2.24, 2.45) is 0 Å². The highest BCUT2D eigenvalue weighted by atomic mass is 16.5. The van der Waals surface area contributed by atoms with Crippen LogP contribution in [0.3, 0.4) is 0 Å². The Labute approximate surface area is 145 Å². The molecule has 1 heterocycles. The van der Waals surface area contributed by atoms with Crippen LogP contribution in [0.1, 0.15) is 37.3 Å². The molecule has 2 rings (SSSR count). The van der Waals surface area contributed by atoms with Gasteiger partial charge in [-0.05, 0) is 51.2 Å². The minimum absolute atomic E-state index is 0.0482. The third kappa shape index (κ3) is 5.03. The van der Waals surface area contributed by atoms with E-state index in [1.165, 1.54) is 0 Å². The third-order valence-corrected chi connectivity index (χ3v) is 4.79. The van der Waals surface area contributed by atoms with Gasteiger partial charge in [0.05, 0.1) is 12.1 Å². The first-order valence-corrected chi connectivity index (χ1v) is 8.86. The number of para-hydroxylation sites is 1. The van der Waals surface area contributed by atoms with Gasteiger partial charge in [0.25, 0.3) is 0 Å². The number of rotatable bonds is 7. The Morgan fingerprint density at radius 3 is 2.54 bits per heavy atom. The Balaban J connectivity index is 1.84. The fourth-order valence-electron chi connectivity index (χ4n) is 3.15. The number of benzene rings is 1. The summed E-state index contributed by atoms with van der Waals surface area (Å²) >= 11 is 0. The smallest absolute Gasteiger partial charge is 0.241 e. The summed E-state index contributed by atoms with van der Waals surface area (Å²) in [5.74, 6) is 0.0482. The fraction of sp³-hybridized carbons (Fsp3) is 0.632. The molecule has 5 nitrogen and oxygen atoms in total. The molecule has 0 spiro atoms. The third-order valence-electron chi connectivity index (χ3n) is 4.79. The highest BCUT2D eigenvalue weighted by Crippen LogP contribution is 2.21. The summed E-state index contributed by atoms with van der Waals surface area (Å²) in [6, 6.07) is 5.89. The minimum Gasteiger partial charge on any atom is -0.396 e. The van der Waals surface area contributed by atoms with Gasteiger partial charge in [-0.3, -0.25) is 9.69 Å². The zero-order chi connectivity index (χ0) is 17.5. The zero-order valence-corrected chi connectivity index (χ0v) is 15.0. The molecule has 0 saturated carbocycles. The van der Waals surface area contributed by atoms with Crippen LogP contribution in [-0.4, -0.2) is 54.4 Å². The molecular weight excluding hydrogens is 304 g/mol. The topological polar surface area (TPSA) is 61.8 Å². The second-order valence-corrected chi connectivity index (χ2v) is 6.62. The molecule has 1 atom stereocenters. The summed E-state index contributed by atoms with van der Waals surface area (Å²) in [6.45, 7) is 8.52. The van der Waals surface area contributed by atoms with Gasteiger partial charge in [0.1, 0.15) is 0 Å². The molecule has 0 aromatic heterocycles. The van der Waals surface area contributed by atoms with Gasteiger partial charge < -0.3 is 15.2 Å². The van der Waals surface area contributed by atoms with Crippen LogP contribution in [0.5, 0.6) is 0 Å². The van der Waals surface area contributed by atoms with Crippen LogP contribution < -0.4 is 5.32 Å². The monoisotopic (exact) mass is 334 g/mol. The molecule has 134 valence electrons. The number of ether oxygens (including phenoxy) is 1. The molecular formula is C19H30N2O3. The second-order valence-electron chi connectivity index (χ2n) is 6.62. The van der Waals surface area contributed by atoms with E-state index in [1.807, 2.05) is 39.0 Å². The maximum atomic E-state index is 12.6. The average molecular weight is 334 g/mol. The molecule has 1 unspecified atom stereocenters. The number of aryl methyl sites for hydroxylation is 2. The van der Waals surface area contributed by atoms with Crippen LogP contribution >= 0.6 is 0 Å². The number of carbonyl (C=O) groups excluding carboxylic acids is 1. The lowest BCUT2D eigenvalue weighted by Crippen LogP contribution is -2.47. The Morgan fingerprint density at radius 1 is 1.33 bits per heavy atom. The average Bonchev–Trinajstić information content (AvgIpc) is 2.58. The maximum absolute atomic E-state index is 12.6. The summed E-state index contributed by atoms with van der Waals surface area (Å²) in [6.07, 6.45) is 2.81. The van der Waals surface area contributed by atoms with E-state index in [0.29, 0.717) is 13.0 Å². The van der Waals surface area contributed by atoms with Crippen molar-refractivity contribution >= 4 is 11.6 Å². The van der Waals surface area contributed by atoms with Crippen molar-refractivity contribution in [2.75, 3.05) is 31.6 Å². The second kappa shape index (κ2) is 9.16. The van der Waals surface area contributed by atoms with Gasteiger partial charge >= 0.3 is 0 Å².